The second-order valence-electron chi connectivity index (χ2n) is 4.58. The Morgan fingerprint density at radius 2 is 2.00 bits per heavy atom. The molecule has 0 heterocycles. The Hall–Kier alpha value is -1.39. The number of carbonyl (C=O) groups is 1. The zero-order valence-electron chi connectivity index (χ0n) is 11.1. The van der Waals surface area contributed by atoms with Gasteiger partial charge in [-0.25, -0.2) is 0 Å². The Bertz CT molecular complexity index is 363. The first kappa shape index (κ1) is 14.7. The zero-order valence-corrected chi connectivity index (χ0v) is 11.1. The lowest BCUT2D eigenvalue weighted by Gasteiger charge is -2.15. The van der Waals surface area contributed by atoms with Crippen LogP contribution in [0.4, 0.5) is 0 Å². The highest BCUT2D eigenvalue weighted by atomic mass is 16.3. The molecule has 0 bridgehead atoms. The van der Waals surface area contributed by atoms with E-state index in [1.807, 2.05) is 43.1 Å². The summed E-state index contributed by atoms with van der Waals surface area (Å²) in [7, 11) is 1.88. The molecule has 100 valence electrons. The van der Waals surface area contributed by atoms with Crippen LogP contribution < -0.4 is 5.32 Å². The van der Waals surface area contributed by atoms with Gasteiger partial charge in [0.25, 0.3) is 0 Å². The Balaban J connectivity index is 2.26. The molecule has 0 aliphatic carbocycles. The van der Waals surface area contributed by atoms with Crippen molar-refractivity contribution in [3.63, 3.8) is 0 Å². The number of nitrogens with one attached hydrogen (secondary N) is 1. The number of carbonyl (C=O) groups excluding carboxylic acids is 1. The maximum absolute atomic E-state index is 11.6. The first-order valence-corrected chi connectivity index (χ1v) is 6.23. The molecule has 4 heteroatoms. The van der Waals surface area contributed by atoms with Crippen LogP contribution in [0.3, 0.4) is 0 Å². The van der Waals surface area contributed by atoms with Gasteiger partial charge < -0.3 is 10.4 Å². The van der Waals surface area contributed by atoms with Gasteiger partial charge in [0.05, 0.1) is 6.54 Å². The minimum atomic E-state index is 0.0102. The molecule has 4 nitrogen and oxygen atoms in total. The summed E-state index contributed by atoms with van der Waals surface area (Å²) in [6, 6.07) is 8.11. The maximum atomic E-state index is 11.6. The highest BCUT2D eigenvalue weighted by molar-refractivity contribution is 5.77. The fraction of sp³-hybridized carbons (Fsp3) is 0.500. The van der Waals surface area contributed by atoms with E-state index < -0.39 is 0 Å². The average Bonchev–Trinajstić information content (AvgIpc) is 2.35. The standard InChI is InChI=1S/C14H22N2O2/c1-12-4-6-13(7-5-12)10-15-14(18)11-16(2)8-3-9-17/h4-7,17H,3,8-11H2,1-2H3,(H,15,18). The van der Waals surface area contributed by atoms with Crippen LogP contribution >= 0.6 is 0 Å². The molecular weight excluding hydrogens is 228 g/mol. The Kier molecular flexibility index (Phi) is 6.39. The summed E-state index contributed by atoms with van der Waals surface area (Å²) in [6.07, 6.45) is 0.696. The molecule has 0 radical (unpaired) electrons. The van der Waals surface area contributed by atoms with Crippen molar-refractivity contribution in [3.8, 4) is 0 Å². The van der Waals surface area contributed by atoms with E-state index in [9.17, 15) is 4.79 Å². The second-order valence-corrected chi connectivity index (χ2v) is 4.58. The van der Waals surface area contributed by atoms with Gasteiger partial charge in [-0.15, -0.1) is 0 Å². The molecule has 0 spiro atoms. The number of aliphatic hydroxyl groups is 1. The predicted octanol–water partition coefficient (Wildman–Crippen LogP) is 0.925. The number of hydrogen-bond acceptors (Lipinski definition) is 3. The summed E-state index contributed by atoms with van der Waals surface area (Å²) >= 11 is 0. The third-order valence-corrected chi connectivity index (χ3v) is 2.72. The van der Waals surface area contributed by atoms with Crippen molar-refractivity contribution in [1.82, 2.24) is 10.2 Å². The summed E-state index contributed by atoms with van der Waals surface area (Å²) < 4.78 is 0. The molecule has 0 saturated heterocycles. The van der Waals surface area contributed by atoms with E-state index >= 15 is 0 Å². The van der Waals surface area contributed by atoms with Crippen molar-refractivity contribution in [3.05, 3.63) is 35.4 Å². The molecule has 1 rings (SSSR count). The van der Waals surface area contributed by atoms with Crippen molar-refractivity contribution in [1.29, 1.82) is 0 Å². The van der Waals surface area contributed by atoms with E-state index in [0.717, 1.165) is 12.1 Å². The normalized spacial score (nSPS) is 10.7. The summed E-state index contributed by atoms with van der Waals surface area (Å²) in [5.41, 5.74) is 2.32. The van der Waals surface area contributed by atoms with Crippen molar-refractivity contribution >= 4 is 5.91 Å². The van der Waals surface area contributed by atoms with E-state index in [1.54, 1.807) is 0 Å². The van der Waals surface area contributed by atoms with Gasteiger partial charge in [0.15, 0.2) is 0 Å². The van der Waals surface area contributed by atoms with Crippen LogP contribution in [0.2, 0.25) is 0 Å². The van der Waals surface area contributed by atoms with Crippen molar-refractivity contribution in [2.75, 3.05) is 26.7 Å². The topological polar surface area (TPSA) is 52.6 Å². The van der Waals surface area contributed by atoms with Gasteiger partial charge in [-0.2, -0.15) is 0 Å². The molecule has 0 unspecified atom stereocenters. The van der Waals surface area contributed by atoms with Gasteiger partial charge in [0, 0.05) is 19.7 Å². The lowest BCUT2D eigenvalue weighted by Crippen LogP contribution is -2.35. The monoisotopic (exact) mass is 250 g/mol. The first-order valence-electron chi connectivity index (χ1n) is 6.23. The quantitative estimate of drug-likeness (QED) is 0.757. The van der Waals surface area contributed by atoms with E-state index in [0.29, 0.717) is 19.5 Å². The predicted molar refractivity (Wildman–Crippen MR) is 72.2 cm³/mol. The molecule has 18 heavy (non-hydrogen) atoms. The number of likely N-dealkylation sites (N-methyl/N-ethyl adjacent to an activating group) is 1. The molecular formula is C14H22N2O2. The Labute approximate surface area is 109 Å². The fourth-order valence-electron chi connectivity index (χ4n) is 1.63. The number of aliphatic hydroxyl groups excluding tert-OH is 1. The van der Waals surface area contributed by atoms with E-state index in [4.69, 9.17) is 5.11 Å². The van der Waals surface area contributed by atoms with Crippen LogP contribution in [-0.2, 0) is 11.3 Å². The third kappa shape index (κ3) is 5.80. The third-order valence-electron chi connectivity index (χ3n) is 2.72. The molecule has 0 saturated carbocycles. The van der Waals surface area contributed by atoms with Gasteiger partial charge >= 0.3 is 0 Å². The summed E-state index contributed by atoms with van der Waals surface area (Å²) in [6.45, 7) is 3.86. The number of rotatable bonds is 7. The number of hydrogen-bond donors (Lipinski definition) is 2. The van der Waals surface area contributed by atoms with Crippen LogP contribution in [0.25, 0.3) is 0 Å². The van der Waals surface area contributed by atoms with Crippen LogP contribution in [-0.4, -0.2) is 42.7 Å². The van der Waals surface area contributed by atoms with Crippen LogP contribution in [0.15, 0.2) is 24.3 Å². The maximum Gasteiger partial charge on any atom is 0.234 e. The van der Waals surface area contributed by atoms with Crippen LogP contribution in [0.1, 0.15) is 17.5 Å². The highest BCUT2D eigenvalue weighted by Gasteiger charge is 2.05. The first-order chi connectivity index (χ1) is 8.61. The minimum absolute atomic E-state index is 0.0102. The number of amides is 1. The molecule has 0 atom stereocenters. The van der Waals surface area contributed by atoms with Gasteiger partial charge in [0.1, 0.15) is 0 Å². The lowest BCUT2D eigenvalue weighted by atomic mass is 10.1. The summed E-state index contributed by atoms with van der Waals surface area (Å²) in [5.74, 6) is 0.0102. The van der Waals surface area contributed by atoms with Gasteiger partial charge in [-0.1, -0.05) is 29.8 Å². The molecule has 1 aromatic carbocycles. The largest absolute Gasteiger partial charge is 0.396 e. The molecule has 0 aromatic heterocycles. The van der Waals surface area contributed by atoms with E-state index in [-0.39, 0.29) is 12.5 Å². The van der Waals surface area contributed by atoms with Gasteiger partial charge in [-0.05, 0) is 26.0 Å². The molecule has 1 amide bonds. The molecule has 0 aliphatic rings. The Morgan fingerprint density at radius 3 is 2.61 bits per heavy atom. The lowest BCUT2D eigenvalue weighted by molar-refractivity contribution is -0.122. The van der Waals surface area contributed by atoms with Gasteiger partial charge in [0.2, 0.25) is 5.91 Å². The molecule has 1 aromatic rings. The zero-order chi connectivity index (χ0) is 13.4. The van der Waals surface area contributed by atoms with E-state index in [1.165, 1.54) is 5.56 Å². The summed E-state index contributed by atoms with van der Waals surface area (Å²) in [5, 5.41) is 11.6. The van der Waals surface area contributed by atoms with Crippen LogP contribution in [0, 0.1) is 6.92 Å². The van der Waals surface area contributed by atoms with Crippen molar-refractivity contribution < 1.29 is 9.90 Å². The smallest absolute Gasteiger partial charge is 0.234 e. The average molecular weight is 250 g/mol. The number of benzene rings is 1. The van der Waals surface area contributed by atoms with Crippen LogP contribution in [0.5, 0.6) is 0 Å². The molecule has 0 fully saturated rings. The Morgan fingerprint density at radius 1 is 1.33 bits per heavy atom. The number of nitrogens with zero attached hydrogens (tertiary/aromatic N) is 1. The highest BCUT2D eigenvalue weighted by Crippen LogP contribution is 2.02. The summed E-state index contributed by atoms with van der Waals surface area (Å²) in [4.78, 5) is 13.5. The second kappa shape index (κ2) is 7.84. The van der Waals surface area contributed by atoms with Crippen molar-refractivity contribution in [2.45, 2.75) is 19.9 Å². The van der Waals surface area contributed by atoms with Crippen molar-refractivity contribution in [2.24, 2.45) is 0 Å². The SMILES string of the molecule is Cc1ccc(CNC(=O)CN(C)CCCO)cc1. The fourth-order valence-corrected chi connectivity index (χ4v) is 1.63. The minimum Gasteiger partial charge on any atom is -0.396 e. The van der Waals surface area contributed by atoms with E-state index in [2.05, 4.69) is 5.32 Å². The number of aryl methyl sites for hydroxylation is 1. The molecule has 2 N–H and O–H groups in total. The van der Waals surface area contributed by atoms with Gasteiger partial charge in [-0.3, -0.25) is 9.69 Å². The molecule has 0 aliphatic heterocycles.